The molecule has 0 bridgehead atoms. The SMILES string of the molecule is CCOc1cc(/C=C(/C#N)C(=O)Nc2ccccc2)cc(I)c1OCc1ccc(C)cc1. The van der Waals surface area contributed by atoms with Gasteiger partial charge in [-0.25, -0.2) is 0 Å². The van der Waals surface area contributed by atoms with Crippen LogP contribution in [-0.2, 0) is 11.4 Å². The van der Waals surface area contributed by atoms with Gasteiger partial charge >= 0.3 is 0 Å². The van der Waals surface area contributed by atoms with Crippen LogP contribution in [0.15, 0.2) is 72.3 Å². The number of halogens is 1. The normalized spacial score (nSPS) is 10.9. The van der Waals surface area contributed by atoms with Crippen molar-refractivity contribution in [3.05, 3.63) is 92.6 Å². The first-order valence-corrected chi connectivity index (χ1v) is 11.2. The van der Waals surface area contributed by atoms with Crippen LogP contribution in [0.25, 0.3) is 6.08 Å². The lowest BCUT2D eigenvalue weighted by Gasteiger charge is -2.15. The number of amides is 1. The Kier molecular flexibility index (Phi) is 8.28. The minimum Gasteiger partial charge on any atom is -0.490 e. The molecule has 0 saturated carbocycles. The molecule has 0 atom stereocenters. The van der Waals surface area contributed by atoms with E-state index in [1.807, 2.05) is 68.4 Å². The van der Waals surface area contributed by atoms with Crippen LogP contribution in [-0.4, -0.2) is 12.5 Å². The number of rotatable bonds is 8. The molecule has 6 heteroatoms. The Balaban J connectivity index is 1.84. The second-order valence-electron chi connectivity index (χ2n) is 7.03. The largest absolute Gasteiger partial charge is 0.490 e. The lowest BCUT2D eigenvalue weighted by Crippen LogP contribution is -2.13. The molecule has 162 valence electrons. The minimum atomic E-state index is -0.466. The van der Waals surface area contributed by atoms with Crippen LogP contribution in [0.1, 0.15) is 23.6 Å². The van der Waals surface area contributed by atoms with Gasteiger partial charge in [0.05, 0.1) is 10.2 Å². The maximum absolute atomic E-state index is 12.5. The quantitative estimate of drug-likeness (QED) is 0.213. The van der Waals surface area contributed by atoms with Gasteiger partial charge in [-0.15, -0.1) is 0 Å². The molecule has 0 aliphatic rings. The van der Waals surface area contributed by atoms with Crippen molar-refractivity contribution < 1.29 is 14.3 Å². The molecule has 3 aromatic carbocycles. The maximum atomic E-state index is 12.5. The molecule has 5 nitrogen and oxygen atoms in total. The van der Waals surface area contributed by atoms with Gasteiger partial charge in [-0.05, 0) is 77.9 Å². The fourth-order valence-corrected chi connectivity index (χ4v) is 3.73. The van der Waals surface area contributed by atoms with Crippen molar-refractivity contribution in [3.8, 4) is 17.6 Å². The van der Waals surface area contributed by atoms with Crippen molar-refractivity contribution >= 4 is 40.3 Å². The molecule has 1 N–H and O–H groups in total. The lowest BCUT2D eigenvalue weighted by molar-refractivity contribution is -0.112. The highest BCUT2D eigenvalue weighted by molar-refractivity contribution is 14.1. The molecule has 3 rings (SSSR count). The average Bonchev–Trinajstić information content (AvgIpc) is 2.79. The van der Waals surface area contributed by atoms with Crippen LogP contribution in [0.4, 0.5) is 5.69 Å². The summed E-state index contributed by atoms with van der Waals surface area (Å²) in [4.78, 5) is 12.5. The number of carbonyl (C=O) groups excluding carboxylic acids is 1. The van der Waals surface area contributed by atoms with Crippen molar-refractivity contribution in [1.82, 2.24) is 0 Å². The fraction of sp³-hybridized carbons (Fsp3) is 0.154. The minimum absolute atomic E-state index is 0.000394. The molecular weight excluding hydrogens is 515 g/mol. The third-order valence-electron chi connectivity index (χ3n) is 4.54. The smallest absolute Gasteiger partial charge is 0.266 e. The van der Waals surface area contributed by atoms with E-state index < -0.39 is 5.91 Å². The fourth-order valence-electron chi connectivity index (χ4n) is 2.95. The van der Waals surface area contributed by atoms with Crippen molar-refractivity contribution in [3.63, 3.8) is 0 Å². The van der Waals surface area contributed by atoms with E-state index in [2.05, 4.69) is 27.9 Å². The van der Waals surface area contributed by atoms with Gasteiger partial charge in [-0.1, -0.05) is 48.0 Å². The van der Waals surface area contributed by atoms with Gasteiger partial charge in [0.15, 0.2) is 11.5 Å². The maximum Gasteiger partial charge on any atom is 0.266 e. The van der Waals surface area contributed by atoms with E-state index in [-0.39, 0.29) is 5.57 Å². The molecule has 0 radical (unpaired) electrons. The van der Waals surface area contributed by atoms with Crippen molar-refractivity contribution in [2.45, 2.75) is 20.5 Å². The van der Waals surface area contributed by atoms with Crippen LogP contribution in [0.5, 0.6) is 11.5 Å². The van der Waals surface area contributed by atoms with E-state index in [0.29, 0.717) is 36.0 Å². The van der Waals surface area contributed by atoms with Gasteiger partial charge in [0.1, 0.15) is 18.2 Å². The Bertz CT molecular complexity index is 1150. The van der Waals surface area contributed by atoms with Crippen LogP contribution < -0.4 is 14.8 Å². The number of aryl methyl sites for hydroxylation is 1. The predicted octanol–water partition coefficient (Wildman–Crippen LogP) is 6.12. The number of hydrogen-bond donors (Lipinski definition) is 1. The molecule has 0 aliphatic carbocycles. The summed E-state index contributed by atoms with van der Waals surface area (Å²) in [6.07, 6.45) is 1.55. The summed E-state index contributed by atoms with van der Waals surface area (Å²) in [6.45, 7) is 4.81. The molecule has 0 unspecified atom stereocenters. The number of nitrogens with zero attached hydrogens (tertiary/aromatic N) is 1. The first-order valence-electron chi connectivity index (χ1n) is 10.1. The molecule has 0 aromatic heterocycles. The van der Waals surface area contributed by atoms with Crippen LogP contribution >= 0.6 is 22.6 Å². The number of nitriles is 1. The van der Waals surface area contributed by atoms with E-state index in [1.165, 1.54) is 5.56 Å². The summed E-state index contributed by atoms with van der Waals surface area (Å²) in [5.41, 5.74) is 3.56. The van der Waals surface area contributed by atoms with E-state index in [1.54, 1.807) is 24.3 Å². The highest BCUT2D eigenvalue weighted by atomic mass is 127. The summed E-state index contributed by atoms with van der Waals surface area (Å²) < 4.78 is 12.7. The number of anilines is 1. The topological polar surface area (TPSA) is 71.3 Å². The van der Waals surface area contributed by atoms with Gasteiger partial charge in [0.25, 0.3) is 5.91 Å². The Morgan fingerprint density at radius 3 is 2.47 bits per heavy atom. The monoisotopic (exact) mass is 538 g/mol. The average molecular weight is 538 g/mol. The third-order valence-corrected chi connectivity index (χ3v) is 5.34. The van der Waals surface area contributed by atoms with Crippen molar-refractivity contribution in [2.24, 2.45) is 0 Å². The van der Waals surface area contributed by atoms with Crippen LogP contribution in [0.3, 0.4) is 0 Å². The van der Waals surface area contributed by atoms with Gasteiger partial charge < -0.3 is 14.8 Å². The zero-order valence-corrected chi connectivity index (χ0v) is 20.0. The molecule has 1 amide bonds. The Morgan fingerprint density at radius 2 is 1.81 bits per heavy atom. The Morgan fingerprint density at radius 1 is 1.09 bits per heavy atom. The molecular formula is C26H23IN2O3. The number of hydrogen-bond acceptors (Lipinski definition) is 4. The predicted molar refractivity (Wildman–Crippen MR) is 135 cm³/mol. The highest BCUT2D eigenvalue weighted by Gasteiger charge is 2.15. The molecule has 0 aliphatic heterocycles. The molecule has 0 fully saturated rings. The second-order valence-corrected chi connectivity index (χ2v) is 8.19. The standard InChI is InChI=1S/C26H23IN2O3/c1-3-31-24-15-20(13-21(16-28)26(30)29-22-7-5-4-6-8-22)14-23(27)25(24)32-17-19-11-9-18(2)10-12-19/h4-15H,3,17H2,1-2H3,(H,29,30)/b21-13-. The second kappa shape index (κ2) is 11.3. The molecule has 0 saturated heterocycles. The summed E-state index contributed by atoms with van der Waals surface area (Å²) in [5.74, 6) is 0.738. The molecule has 0 heterocycles. The number of ether oxygens (including phenoxy) is 2. The van der Waals surface area contributed by atoms with E-state index in [0.717, 1.165) is 9.13 Å². The molecule has 0 spiro atoms. The summed E-state index contributed by atoms with van der Waals surface area (Å²) in [6, 6.07) is 22.8. The zero-order valence-electron chi connectivity index (χ0n) is 17.9. The summed E-state index contributed by atoms with van der Waals surface area (Å²) in [5, 5.41) is 12.3. The highest BCUT2D eigenvalue weighted by Crippen LogP contribution is 2.35. The van der Waals surface area contributed by atoms with Gasteiger partial charge in [0, 0.05) is 5.69 Å². The van der Waals surface area contributed by atoms with Crippen molar-refractivity contribution in [2.75, 3.05) is 11.9 Å². The van der Waals surface area contributed by atoms with E-state index in [4.69, 9.17) is 9.47 Å². The lowest BCUT2D eigenvalue weighted by atomic mass is 10.1. The molecule has 3 aromatic rings. The number of para-hydroxylation sites is 1. The van der Waals surface area contributed by atoms with Gasteiger partial charge in [-0.3, -0.25) is 4.79 Å². The Hall–Kier alpha value is -3.31. The van der Waals surface area contributed by atoms with Crippen molar-refractivity contribution in [1.29, 1.82) is 5.26 Å². The van der Waals surface area contributed by atoms with Gasteiger partial charge in [0.2, 0.25) is 0 Å². The van der Waals surface area contributed by atoms with Crippen LogP contribution in [0.2, 0.25) is 0 Å². The molecule has 32 heavy (non-hydrogen) atoms. The van der Waals surface area contributed by atoms with Crippen LogP contribution in [0, 0.1) is 21.8 Å². The van der Waals surface area contributed by atoms with Gasteiger partial charge in [-0.2, -0.15) is 5.26 Å². The third kappa shape index (κ3) is 6.34. The van der Waals surface area contributed by atoms with E-state index in [9.17, 15) is 10.1 Å². The van der Waals surface area contributed by atoms with E-state index >= 15 is 0 Å². The number of nitrogens with one attached hydrogen (secondary N) is 1. The number of benzene rings is 3. The summed E-state index contributed by atoms with van der Waals surface area (Å²) in [7, 11) is 0. The Labute approximate surface area is 201 Å². The summed E-state index contributed by atoms with van der Waals surface area (Å²) >= 11 is 2.18. The number of carbonyl (C=O) groups is 1. The first-order chi connectivity index (χ1) is 15.5. The first kappa shape index (κ1) is 23.4. The zero-order chi connectivity index (χ0) is 22.9.